The third-order valence-corrected chi connectivity index (χ3v) is 5.89. The second-order valence-corrected chi connectivity index (χ2v) is 9.75. The van der Waals surface area contributed by atoms with Crippen molar-refractivity contribution in [2.24, 2.45) is 0 Å². The van der Waals surface area contributed by atoms with Crippen molar-refractivity contribution in [1.29, 1.82) is 0 Å². The number of benzene rings is 2. The monoisotopic (exact) mass is 481 g/mol. The molecular weight excluding hydrogens is 454 g/mol. The number of nitrogen functional groups attached to an aromatic ring is 1. The zero-order chi connectivity index (χ0) is 25.6. The van der Waals surface area contributed by atoms with Crippen molar-refractivity contribution in [3.05, 3.63) is 67.0 Å². The topological polar surface area (TPSA) is 121 Å². The maximum atomic E-state index is 12.8. The first-order valence-electron chi connectivity index (χ1n) is 11.5. The first-order chi connectivity index (χ1) is 17.1. The Morgan fingerprint density at radius 1 is 1.00 bits per heavy atom. The molecule has 1 amide bonds. The van der Waals surface area contributed by atoms with Crippen LogP contribution >= 0.6 is 0 Å². The molecule has 0 saturated carbocycles. The minimum Gasteiger partial charge on any atom is -0.368 e. The fraction of sp³-hybridized carbons (Fsp3) is 0.231. The Balaban J connectivity index is 1.78. The van der Waals surface area contributed by atoms with Gasteiger partial charge in [0.25, 0.3) is 5.91 Å². The molecule has 5 aromatic rings. The lowest BCUT2D eigenvalue weighted by atomic mass is 10.0. The van der Waals surface area contributed by atoms with Gasteiger partial charge in [-0.3, -0.25) is 4.79 Å². The second kappa shape index (κ2) is 8.56. The van der Waals surface area contributed by atoms with E-state index in [9.17, 15) is 4.79 Å². The van der Waals surface area contributed by atoms with Gasteiger partial charge in [-0.15, -0.1) is 0 Å². The van der Waals surface area contributed by atoms with Gasteiger partial charge in [-0.2, -0.15) is 5.10 Å². The Bertz CT molecular complexity index is 1560. The van der Waals surface area contributed by atoms with Crippen molar-refractivity contribution >= 4 is 22.9 Å². The molecule has 0 saturated heterocycles. The highest BCUT2D eigenvalue weighted by Crippen LogP contribution is 2.36. The lowest BCUT2D eigenvalue weighted by Crippen LogP contribution is -2.24. The molecule has 36 heavy (non-hydrogen) atoms. The van der Waals surface area contributed by atoms with E-state index in [1.54, 1.807) is 48.5 Å². The van der Waals surface area contributed by atoms with E-state index < -0.39 is 0 Å². The number of imidazole rings is 1. The number of carbonyl (C=O) groups excluding carboxylic acids is 1. The van der Waals surface area contributed by atoms with Crippen LogP contribution in [0.3, 0.4) is 0 Å². The molecule has 0 unspecified atom stereocenters. The predicted molar refractivity (Wildman–Crippen MR) is 139 cm³/mol. The standard InChI is InChI=1S/C26H27N9O/c1-26(2,3)35-22-9-6-16(18-12-29-25(27)30-13-18)11-20(22)32-23(35)19-10-17(24(36)33(4)5)7-8-21(19)34-15-28-14-31-34/h6-15H,1-5H3,(H2,27,29,30). The number of nitrogens with zero attached hydrogens (tertiary/aromatic N) is 8. The van der Waals surface area contributed by atoms with Crippen molar-refractivity contribution < 1.29 is 4.79 Å². The summed E-state index contributed by atoms with van der Waals surface area (Å²) < 4.78 is 3.87. The van der Waals surface area contributed by atoms with E-state index in [-0.39, 0.29) is 17.4 Å². The summed E-state index contributed by atoms with van der Waals surface area (Å²) in [4.78, 5) is 31.8. The van der Waals surface area contributed by atoms with Crippen molar-refractivity contribution in [2.75, 3.05) is 19.8 Å². The lowest BCUT2D eigenvalue weighted by molar-refractivity contribution is 0.0827. The van der Waals surface area contributed by atoms with Crippen LogP contribution in [0.1, 0.15) is 31.1 Å². The van der Waals surface area contributed by atoms with Gasteiger partial charge in [-0.05, 0) is 56.7 Å². The third kappa shape index (κ3) is 4.06. The average Bonchev–Trinajstić information content (AvgIpc) is 3.51. The van der Waals surface area contributed by atoms with E-state index in [0.717, 1.165) is 39.2 Å². The molecule has 0 spiro atoms. The summed E-state index contributed by atoms with van der Waals surface area (Å²) in [6.45, 7) is 6.38. The fourth-order valence-corrected chi connectivity index (χ4v) is 4.25. The van der Waals surface area contributed by atoms with E-state index in [4.69, 9.17) is 10.7 Å². The van der Waals surface area contributed by atoms with Crippen LogP contribution in [0.4, 0.5) is 5.95 Å². The van der Waals surface area contributed by atoms with E-state index in [0.29, 0.717) is 5.56 Å². The summed E-state index contributed by atoms with van der Waals surface area (Å²) in [6, 6.07) is 11.6. The fourth-order valence-electron chi connectivity index (χ4n) is 4.25. The maximum Gasteiger partial charge on any atom is 0.253 e. The highest BCUT2D eigenvalue weighted by Gasteiger charge is 2.26. The molecule has 182 valence electrons. The molecule has 3 aromatic heterocycles. The first-order valence-corrected chi connectivity index (χ1v) is 11.5. The Labute approximate surface area is 208 Å². The van der Waals surface area contributed by atoms with Gasteiger partial charge in [0, 0.05) is 48.7 Å². The van der Waals surface area contributed by atoms with Crippen molar-refractivity contribution in [3.63, 3.8) is 0 Å². The van der Waals surface area contributed by atoms with Crippen molar-refractivity contribution in [3.8, 4) is 28.2 Å². The van der Waals surface area contributed by atoms with Crippen LogP contribution in [0, 0.1) is 0 Å². The Hall–Kier alpha value is -4.60. The van der Waals surface area contributed by atoms with Crippen LogP contribution in [-0.4, -0.2) is 59.2 Å². The number of fused-ring (bicyclic) bond motifs is 1. The molecule has 0 aliphatic heterocycles. The van der Waals surface area contributed by atoms with E-state index in [1.165, 1.54) is 6.33 Å². The average molecular weight is 482 g/mol. The molecule has 2 aromatic carbocycles. The number of hydrogen-bond acceptors (Lipinski definition) is 7. The maximum absolute atomic E-state index is 12.8. The molecule has 0 fully saturated rings. The Morgan fingerprint density at radius 2 is 1.75 bits per heavy atom. The van der Waals surface area contributed by atoms with Crippen LogP contribution in [0.15, 0.2) is 61.4 Å². The smallest absolute Gasteiger partial charge is 0.253 e. The van der Waals surface area contributed by atoms with Gasteiger partial charge in [0.1, 0.15) is 18.5 Å². The molecule has 0 bridgehead atoms. The zero-order valence-corrected chi connectivity index (χ0v) is 20.8. The molecule has 0 aliphatic carbocycles. The summed E-state index contributed by atoms with van der Waals surface area (Å²) in [5.74, 6) is 0.861. The van der Waals surface area contributed by atoms with Gasteiger partial charge in [0.15, 0.2) is 0 Å². The van der Waals surface area contributed by atoms with Crippen LogP contribution in [0.5, 0.6) is 0 Å². The molecule has 0 aliphatic rings. The summed E-state index contributed by atoms with van der Waals surface area (Å²) in [5.41, 5.74) is 11.0. The number of anilines is 1. The summed E-state index contributed by atoms with van der Waals surface area (Å²) >= 11 is 0. The Kier molecular flexibility index (Phi) is 5.51. The summed E-state index contributed by atoms with van der Waals surface area (Å²) in [5, 5.41) is 4.34. The minimum atomic E-state index is -0.308. The molecule has 0 atom stereocenters. The lowest BCUT2D eigenvalue weighted by Gasteiger charge is -2.25. The normalized spacial score (nSPS) is 11.7. The van der Waals surface area contributed by atoms with Gasteiger partial charge in [0.2, 0.25) is 5.95 Å². The van der Waals surface area contributed by atoms with E-state index in [1.807, 2.05) is 30.3 Å². The van der Waals surface area contributed by atoms with Gasteiger partial charge in [0.05, 0.1) is 16.7 Å². The number of carbonyl (C=O) groups is 1. The van der Waals surface area contributed by atoms with Gasteiger partial charge < -0.3 is 15.2 Å². The highest BCUT2D eigenvalue weighted by atomic mass is 16.2. The van der Waals surface area contributed by atoms with Gasteiger partial charge in [-0.1, -0.05) is 6.07 Å². The second-order valence-electron chi connectivity index (χ2n) is 9.75. The number of nitrogens with two attached hydrogens (primary N) is 1. The summed E-state index contributed by atoms with van der Waals surface area (Å²) in [7, 11) is 3.47. The minimum absolute atomic E-state index is 0.0922. The number of amides is 1. The number of aromatic nitrogens is 7. The van der Waals surface area contributed by atoms with Gasteiger partial charge in [-0.25, -0.2) is 24.6 Å². The van der Waals surface area contributed by atoms with Crippen LogP contribution < -0.4 is 5.73 Å². The molecular formula is C26H27N9O. The van der Waals surface area contributed by atoms with Crippen molar-refractivity contribution in [1.82, 2.24) is 39.2 Å². The van der Waals surface area contributed by atoms with Crippen LogP contribution in [-0.2, 0) is 5.54 Å². The zero-order valence-electron chi connectivity index (χ0n) is 20.8. The quantitative estimate of drug-likeness (QED) is 0.415. The van der Waals surface area contributed by atoms with E-state index >= 15 is 0 Å². The van der Waals surface area contributed by atoms with Crippen LogP contribution in [0.2, 0.25) is 0 Å². The summed E-state index contributed by atoms with van der Waals surface area (Å²) in [6.07, 6.45) is 6.51. The SMILES string of the molecule is CN(C)C(=O)c1ccc(-n2cncn2)c(-c2nc3cc(-c4cnc(N)nc4)ccc3n2C(C)(C)C)c1. The van der Waals surface area contributed by atoms with E-state index in [2.05, 4.69) is 45.4 Å². The Morgan fingerprint density at radius 3 is 2.39 bits per heavy atom. The molecule has 10 heteroatoms. The highest BCUT2D eigenvalue weighted by molar-refractivity contribution is 5.96. The van der Waals surface area contributed by atoms with Crippen LogP contribution in [0.25, 0.3) is 39.2 Å². The molecule has 0 radical (unpaired) electrons. The molecule has 3 heterocycles. The van der Waals surface area contributed by atoms with Crippen molar-refractivity contribution in [2.45, 2.75) is 26.3 Å². The number of rotatable bonds is 4. The van der Waals surface area contributed by atoms with Gasteiger partial charge >= 0.3 is 0 Å². The molecule has 10 nitrogen and oxygen atoms in total. The third-order valence-electron chi connectivity index (χ3n) is 5.89. The number of hydrogen-bond donors (Lipinski definition) is 1. The molecule has 5 rings (SSSR count). The predicted octanol–water partition coefficient (Wildman–Crippen LogP) is 3.78. The molecule has 2 N–H and O–H groups in total. The largest absolute Gasteiger partial charge is 0.368 e. The first kappa shape index (κ1) is 23.2.